The van der Waals surface area contributed by atoms with E-state index in [0.717, 1.165) is 5.56 Å². The van der Waals surface area contributed by atoms with Crippen molar-refractivity contribution >= 4 is 21.6 Å². The minimum absolute atomic E-state index is 0.0559. The molecule has 6 heteroatoms. The van der Waals surface area contributed by atoms with Crippen molar-refractivity contribution in [2.24, 2.45) is 0 Å². The third-order valence-corrected chi connectivity index (χ3v) is 4.90. The second-order valence-electron chi connectivity index (χ2n) is 4.75. The molecule has 1 fully saturated rings. The highest BCUT2D eigenvalue weighted by Crippen LogP contribution is 2.30. The van der Waals surface area contributed by atoms with Crippen LogP contribution in [-0.4, -0.2) is 26.8 Å². The first-order valence-electron chi connectivity index (χ1n) is 6.50. The highest BCUT2D eigenvalue weighted by Gasteiger charge is 2.32. The van der Waals surface area contributed by atoms with Crippen LogP contribution in [0.15, 0.2) is 36.9 Å². The van der Waals surface area contributed by atoms with Crippen molar-refractivity contribution < 1.29 is 13.2 Å². The lowest BCUT2D eigenvalue weighted by molar-refractivity contribution is 0.102. The Morgan fingerprint density at radius 1 is 1.40 bits per heavy atom. The van der Waals surface area contributed by atoms with Crippen LogP contribution in [0, 0.1) is 0 Å². The van der Waals surface area contributed by atoms with Gasteiger partial charge in [-0.15, -0.1) is 6.58 Å². The van der Waals surface area contributed by atoms with Crippen LogP contribution < -0.4 is 4.72 Å². The van der Waals surface area contributed by atoms with Gasteiger partial charge in [-0.1, -0.05) is 29.8 Å². The molecule has 1 N–H and O–H groups in total. The van der Waals surface area contributed by atoms with Crippen molar-refractivity contribution in [2.45, 2.75) is 25.0 Å². The number of sulfonamides is 1. The monoisotopic (exact) mass is 315 g/mol. The highest BCUT2D eigenvalue weighted by atomic mass is 35.5. The summed E-state index contributed by atoms with van der Waals surface area (Å²) in [5, 5.41) is 0.648. The summed E-state index contributed by atoms with van der Waals surface area (Å²) < 4.78 is 32.3. The molecule has 4 nitrogen and oxygen atoms in total. The first-order chi connectivity index (χ1) is 9.52. The van der Waals surface area contributed by atoms with Gasteiger partial charge in [0.15, 0.2) is 0 Å². The summed E-state index contributed by atoms with van der Waals surface area (Å²) in [5.41, 5.74) is 0.934. The molecule has 0 saturated carbocycles. The molecule has 0 bridgehead atoms. The number of allylic oxidation sites excluding steroid dienone is 1. The van der Waals surface area contributed by atoms with Crippen molar-refractivity contribution in [3.8, 4) is 0 Å². The Bertz CT molecular complexity index is 556. The zero-order valence-corrected chi connectivity index (χ0v) is 12.7. The van der Waals surface area contributed by atoms with Gasteiger partial charge in [0.25, 0.3) is 0 Å². The van der Waals surface area contributed by atoms with E-state index in [4.69, 9.17) is 16.3 Å². The molecule has 1 aliphatic heterocycles. The van der Waals surface area contributed by atoms with Crippen LogP contribution in [0.3, 0.4) is 0 Å². The smallest absolute Gasteiger partial charge is 0.212 e. The van der Waals surface area contributed by atoms with Gasteiger partial charge in [-0.25, -0.2) is 13.1 Å². The molecule has 0 aliphatic carbocycles. The van der Waals surface area contributed by atoms with E-state index in [-0.39, 0.29) is 17.9 Å². The minimum Gasteiger partial charge on any atom is -0.372 e. The Balaban J connectivity index is 2.07. The van der Waals surface area contributed by atoms with E-state index in [0.29, 0.717) is 24.5 Å². The third kappa shape index (κ3) is 4.06. The molecule has 2 rings (SSSR count). The summed E-state index contributed by atoms with van der Waals surface area (Å²) in [7, 11) is -3.30. The van der Waals surface area contributed by atoms with Gasteiger partial charge in [0, 0.05) is 11.6 Å². The second kappa shape index (κ2) is 6.72. The second-order valence-corrected chi connectivity index (χ2v) is 7.06. The molecule has 1 aromatic rings. The van der Waals surface area contributed by atoms with Crippen LogP contribution >= 0.6 is 11.6 Å². The Kier molecular flexibility index (Phi) is 5.21. The van der Waals surface area contributed by atoms with Crippen molar-refractivity contribution in [3.63, 3.8) is 0 Å². The van der Waals surface area contributed by atoms with Gasteiger partial charge in [0.1, 0.15) is 0 Å². The fourth-order valence-corrected chi connectivity index (χ4v) is 3.64. The first-order valence-corrected chi connectivity index (χ1v) is 8.53. The van der Waals surface area contributed by atoms with E-state index in [1.54, 1.807) is 18.2 Å². The number of benzene rings is 1. The van der Waals surface area contributed by atoms with Crippen LogP contribution in [0.1, 0.15) is 24.5 Å². The van der Waals surface area contributed by atoms with E-state index < -0.39 is 10.0 Å². The molecule has 0 aromatic heterocycles. The zero-order chi connectivity index (χ0) is 14.6. The molecule has 0 spiro atoms. The van der Waals surface area contributed by atoms with Crippen molar-refractivity contribution in [2.75, 3.05) is 12.4 Å². The maximum atomic E-state index is 11.9. The van der Waals surface area contributed by atoms with E-state index in [2.05, 4.69) is 11.3 Å². The topological polar surface area (TPSA) is 55.4 Å². The van der Waals surface area contributed by atoms with Crippen LogP contribution in [0.2, 0.25) is 5.02 Å². The van der Waals surface area contributed by atoms with Crippen molar-refractivity contribution in [3.05, 3.63) is 47.5 Å². The molecule has 2 atom stereocenters. The number of hydrogen-bond acceptors (Lipinski definition) is 3. The van der Waals surface area contributed by atoms with E-state index >= 15 is 0 Å². The van der Waals surface area contributed by atoms with E-state index in [9.17, 15) is 8.42 Å². The molecule has 20 heavy (non-hydrogen) atoms. The fourth-order valence-electron chi connectivity index (χ4n) is 2.22. The van der Waals surface area contributed by atoms with Gasteiger partial charge in [0.2, 0.25) is 10.0 Å². The lowest BCUT2D eigenvalue weighted by Gasteiger charge is -2.20. The number of rotatable bonds is 6. The average Bonchev–Trinajstić information content (AvgIpc) is 2.85. The third-order valence-electron chi connectivity index (χ3n) is 3.21. The summed E-state index contributed by atoms with van der Waals surface area (Å²) in [6, 6.07) is 7.06. The fraction of sp³-hybridized carbons (Fsp3) is 0.429. The summed E-state index contributed by atoms with van der Waals surface area (Å²) >= 11 is 5.86. The summed E-state index contributed by atoms with van der Waals surface area (Å²) in [5.74, 6) is 0.0559. The van der Waals surface area contributed by atoms with Crippen LogP contribution in [0.5, 0.6) is 0 Å². The van der Waals surface area contributed by atoms with Crippen molar-refractivity contribution in [1.29, 1.82) is 0 Å². The molecular weight excluding hydrogens is 298 g/mol. The minimum atomic E-state index is -3.30. The molecule has 1 saturated heterocycles. The molecule has 1 aliphatic rings. The van der Waals surface area contributed by atoms with Gasteiger partial charge >= 0.3 is 0 Å². The maximum absolute atomic E-state index is 11.9. The van der Waals surface area contributed by atoms with Gasteiger partial charge in [-0.05, 0) is 30.5 Å². The summed E-state index contributed by atoms with van der Waals surface area (Å²) in [6.45, 7) is 4.08. The van der Waals surface area contributed by atoms with Crippen LogP contribution in [0.25, 0.3) is 0 Å². The first kappa shape index (κ1) is 15.5. The van der Waals surface area contributed by atoms with Gasteiger partial charge in [-0.3, -0.25) is 0 Å². The summed E-state index contributed by atoms with van der Waals surface area (Å²) in [4.78, 5) is 0. The SMILES string of the molecule is C=CCCS(=O)(=O)N[C@@H]1CCO[C@H]1c1ccc(Cl)cc1. The predicted molar refractivity (Wildman–Crippen MR) is 80.3 cm³/mol. The Labute approximate surface area is 124 Å². The highest BCUT2D eigenvalue weighted by molar-refractivity contribution is 7.89. The molecule has 0 amide bonds. The molecule has 0 radical (unpaired) electrons. The number of halogens is 1. The van der Waals surface area contributed by atoms with Gasteiger partial charge in [0.05, 0.1) is 17.9 Å². The number of hydrogen-bond donors (Lipinski definition) is 1. The van der Waals surface area contributed by atoms with Crippen molar-refractivity contribution in [1.82, 2.24) is 4.72 Å². The molecule has 1 aromatic carbocycles. The zero-order valence-electron chi connectivity index (χ0n) is 11.1. The normalized spacial score (nSPS) is 22.9. The average molecular weight is 316 g/mol. The van der Waals surface area contributed by atoms with Gasteiger partial charge in [-0.2, -0.15) is 0 Å². The predicted octanol–water partition coefficient (Wildman–Crippen LogP) is 2.67. The maximum Gasteiger partial charge on any atom is 0.212 e. The molecule has 0 unspecified atom stereocenters. The standard InChI is InChI=1S/C14H18ClNO3S/c1-2-3-10-20(17,18)16-13-8-9-19-14(13)11-4-6-12(15)7-5-11/h2,4-7,13-14,16H,1,3,8-10H2/t13-,14+/m1/s1. The number of nitrogens with one attached hydrogen (secondary N) is 1. The molecule has 1 heterocycles. The van der Waals surface area contributed by atoms with Gasteiger partial charge < -0.3 is 4.74 Å². The lowest BCUT2D eigenvalue weighted by Crippen LogP contribution is -2.38. The lowest BCUT2D eigenvalue weighted by atomic mass is 10.0. The Morgan fingerprint density at radius 3 is 2.75 bits per heavy atom. The van der Waals surface area contributed by atoms with E-state index in [1.807, 2.05) is 12.1 Å². The largest absolute Gasteiger partial charge is 0.372 e. The molecular formula is C14H18ClNO3S. The Hall–Kier alpha value is -0.880. The summed E-state index contributed by atoms with van der Waals surface area (Å²) in [6.07, 6.45) is 2.45. The Morgan fingerprint density at radius 2 is 2.10 bits per heavy atom. The quantitative estimate of drug-likeness (QED) is 0.821. The van der Waals surface area contributed by atoms with Crippen LogP contribution in [-0.2, 0) is 14.8 Å². The molecule has 110 valence electrons. The van der Waals surface area contributed by atoms with Crippen LogP contribution in [0.4, 0.5) is 0 Å². The number of ether oxygens (including phenoxy) is 1. The van der Waals surface area contributed by atoms with E-state index in [1.165, 1.54) is 0 Å².